The number of nitrogens with two attached hydrogens (primary N) is 1. The molecule has 0 fully saturated rings. The standard InChI is InChI=1S/C9H7BrF3NO3/c10-6-3-5(16-4-8(14)15)1-2-7(6)17-9(11,12)13/h1-3H,4H2,(H2,14,15). The molecule has 0 atom stereocenters. The van der Waals surface area contributed by atoms with Crippen LogP contribution in [0.3, 0.4) is 0 Å². The number of halogens is 4. The maximum absolute atomic E-state index is 11.9. The first-order valence-electron chi connectivity index (χ1n) is 4.24. The fourth-order valence-electron chi connectivity index (χ4n) is 0.933. The Morgan fingerprint density at radius 3 is 2.53 bits per heavy atom. The maximum atomic E-state index is 11.9. The molecule has 4 nitrogen and oxygen atoms in total. The molecule has 0 heterocycles. The number of hydrogen-bond donors (Lipinski definition) is 1. The summed E-state index contributed by atoms with van der Waals surface area (Å²) in [7, 11) is 0. The Bertz CT molecular complexity index is 422. The molecule has 8 heteroatoms. The molecular formula is C9H7BrF3NO3. The van der Waals surface area contributed by atoms with E-state index in [9.17, 15) is 18.0 Å². The lowest BCUT2D eigenvalue weighted by atomic mass is 10.3. The van der Waals surface area contributed by atoms with E-state index in [-0.39, 0.29) is 16.8 Å². The first-order chi connectivity index (χ1) is 7.78. The van der Waals surface area contributed by atoms with Gasteiger partial charge in [-0.25, -0.2) is 0 Å². The minimum atomic E-state index is -4.77. The molecule has 0 bridgehead atoms. The van der Waals surface area contributed by atoms with Gasteiger partial charge in [0.05, 0.1) is 4.47 Å². The molecule has 0 aliphatic rings. The molecule has 2 N–H and O–H groups in total. The van der Waals surface area contributed by atoms with Crippen molar-refractivity contribution in [2.75, 3.05) is 6.61 Å². The molecule has 0 spiro atoms. The van der Waals surface area contributed by atoms with E-state index in [1.54, 1.807) is 0 Å². The van der Waals surface area contributed by atoms with E-state index in [4.69, 9.17) is 10.5 Å². The van der Waals surface area contributed by atoms with E-state index in [1.165, 1.54) is 12.1 Å². The highest BCUT2D eigenvalue weighted by atomic mass is 79.9. The van der Waals surface area contributed by atoms with Crippen molar-refractivity contribution in [3.63, 3.8) is 0 Å². The second-order valence-corrected chi connectivity index (χ2v) is 3.75. The molecule has 94 valence electrons. The number of benzene rings is 1. The Hall–Kier alpha value is -1.44. The third kappa shape index (κ3) is 4.94. The molecular weight excluding hydrogens is 307 g/mol. The van der Waals surface area contributed by atoms with Gasteiger partial charge in [0, 0.05) is 0 Å². The zero-order valence-electron chi connectivity index (χ0n) is 8.25. The van der Waals surface area contributed by atoms with Crippen molar-refractivity contribution < 1.29 is 27.4 Å². The van der Waals surface area contributed by atoms with E-state index in [1.807, 2.05) is 0 Å². The van der Waals surface area contributed by atoms with E-state index in [0.29, 0.717) is 0 Å². The summed E-state index contributed by atoms with van der Waals surface area (Å²) in [4.78, 5) is 10.4. The minimum Gasteiger partial charge on any atom is -0.484 e. The Kier molecular flexibility index (Phi) is 4.22. The molecule has 17 heavy (non-hydrogen) atoms. The van der Waals surface area contributed by atoms with Crippen molar-refractivity contribution >= 4 is 21.8 Å². The fourth-order valence-corrected chi connectivity index (χ4v) is 1.37. The van der Waals surface area contributed by atoms with E-state index in [2.05, 4.69) is 20.7 Å². The summed E-state index contributed by atoms with van der Waals surface area (Å²) in [6.07, 6.45) is -4.77. The lowest BCUT2D eigenvalue weighted by Gasteiger charge is -2.11. The smallest absolute Gasteiger partial charge is 0.484 e. The van der Waals surface area contributed by atoms with Crippen molar-refractivity contribution in [1.82, 2.24) is 0 Å². The molecule has 0 radical (unpaired) electrons. The molecule has 0 aliphatic carbocycles. The lowest BCUT2D eigenvalue weighted by Crippen LogP contribution is -2.20. The van der Waals surface area contributed by atoms with Gasteiger partial charge in [-0.1, -0.05) is 0 Å². The van der Waals surface area contributed by atoms with E-state index in [0.717, 1.165) is 6.07 Å². The highest BCUT2D eigenvalue weighted by Crippen LogP contribution is 2.33. The summed E-state index contributed by atoms with van der Waals surface area (Å²) in [5, 5.41) is 0. The molecule has 0 saturated heterocycles. The first-order valence-corrected chi connectivity index (χ1v) is 5.03. The van der Waals surface area contributed by atoms with Crippen LogP contribution in [0.15, 0.2) is 22.7 Å². The third-order valence-corrected chi connectivity index (χ3v) is 2.13. The summed E-state index contributed by atoms with van der Waals surface area (Å²) < 4.78 is 44.5. The summed E-state index contributed by atoms with van der Waals surface area (Å²) >= 11 is 2.89. The van der Waals surface area contributed by atoms with Crippen molar-refractivity contribution in [1.29, 1.82) is 0 Å². The number of ether oxygens (including phenoxy) is 2. The largest absolute Gasteiger partial charge is 0.573 e. The van der Waals surface area contributed by atoms with Gasteiger partial charge >= 0.3 is 6.36 Å². The SMILES string of the molecule is NC(=O)COc1ccc(OC(F)(F)F)c(Br)c1. The van der Waals surface area contributed by atoms with Gasteiger partial charge in [0.2, 0.25) is 0 Å². The van der Waals surface area contributed by atoms with Gasteiger partial charge in [0.25, 0.3) is 5.91 Å². The highest BCUT2D eigenvalue weighted by molar-refractivity contribution is 9.10. The molecule has 1 amide bonds. The van der Waals surface area contributed by atoms with Crippen LogP contribution in [0.1, 0.15) is 0 Å². The van der Waals surface area contributed by atoms with Gasteiger partial charge in [-0.15, -0.1) is 13.2 Å². The van der Waals surface area contributed by atoms with Crippen molar-refractivity contribution in [2.45, 2.75) is 6.36 Å². The van der Waals surface area contributed by atoms with Crippen LogP contribution in [0.5, 0.6) is 11.5 Å². The number of amides is 1. The Morgan fingerprint density at radius 1 is 1.41 bits per heavy atom. The molecule has 1 aromatic carbocycles. The maximum Gasteiger partial charge on any atom is 0.573 e. The summed E-state index contributed by atoms with van der Waals surface area (Å²) in [5.74, 6) is -0.883. The van der Waals surface area contributed by atoms with Gasteiger partial charge in [-0.05, 0) is 34.1 Å². The summed E-state index contributed by atoms with van der Waals surface area (Å²) in [6.45, 7) is -0.355. The predicted octanol–water partition coefficient (Wildman–Crippen LogP) is 2.21. The van der Waals surface area contributed by atoms with Crippen LogP contribution in [0.4, 0.5) is 13.2 Å². The Balaban J connectivity index is 2.76. The van der Waals surface area contributed by atoms with E-state index < -0.39 is 18.0 Å². The molecule has 1 rings (SSSR count). The lowest BCUT2D eigenvalue weighted by molar-refractivity contribution is -0.274. The van der Waals surface area contributed by atoms with Crippen LogP contribution in [-0.2, 0) is 4.79 Å². The van der Waals surface area contributed by atoms with Crippen LogP contribution >= 0.6 is 15.9 Å². The van der Waals surface area contributed by atoms with Crippen molar-refractivity contribution in [3.05, 3.63) is 22.7 Å². The third-order valence-electron chi connectivity index (χ3n) is 1.51. The number of hydrogen-bond acceptors (Lipinski definition) is 3. The zero-order valence-corrected chi connectivity index (χ0v) is 9.84. The molecule has 0 unspecified atom stereocenters. The second-order valence-electron chi connectivity index (χ2n) is 2.90. The van der Waals surface area contributed by atoms with Gasteiger partial charge in [-0.3, -0.25) is 4.79 Å². The van der Waals surface area contributed by atoms with Crippen LogP contribution in [0.25, 0.3) is 0 Å². The number of alkyl halides is 3. The molecule has 0 saturated carbocycles. The van der Waals surface area contributed by atoms with Crippen LogP contribution in [0, 0.1) is 0 Å². The quantitative estimate of drug-likeness (QED) is 0.927. The number of carbonyl (C=O) groups is 1. The fraction of sp³-hybridized carbons (Fsp3) is 0.222. The Morgan fingerprint density at radius 2 is 2.06 bits per heavy atom. The molecule has 0 aromatic heterocycles. The first kappa shape index (κ1) is 13.6. The molecule has 1 aromatic rings. The highest BCUT2D eigenvalue weighted by Gasteiger charge is 2.31. The summed E-state index contributed by atoms with van der Waals surface area (Å²) in [5.41, 5.74) is 4.84. The van der Waals surface area contributed by atoms with Gasteiger partial charge in [0.1, 0.15) is 11.5 Å². The minimum absolute atomic E-state index is 0.0526. The number of primary amides is 1. The van der Waals surface area contributed by atoms with Crippen LogP contribution in [0.2, 0.25) is 0 Å². The Labute approximate surface area is 103 Å². The van der Waals surface area contributed by atoms with E-state index >= 15 is 0 Å². The van der Waals surface area contributed by atoms with Gasteiger partial charge in [0.15, 0.2) is 6.61 Å². The summed E-state index contributed by atoms with van der Waals surface area (Å²) in [6, 6.07) is 3.53. The monoisotopic (exact) mass is 313 g/mol. The number of rotatable bonds is 4. The van der Waals surface area contributed by atoms with Gasteiger partial charge in [-0.2, -0.15) is 0 Å². The number of carbonyl (C=O) groups excluding carboxylic acids is 1. The molecule has 0 aliphatic heterocycles. The zero-order chi connectivity index (χ0) is 13.1. The van der Waals surface area contributed by atoms with Gasteiger partial charge < -0.3 is 15.2 Å². The normalized spacial score (nSPS) is 11.1. The predicted molar refractivity (Wildman–Crippen MR) is 55.5 cm³/mol. The topological polar surface area (TPSA) is 61.6 Å². The van der Waals surface area contributed by atoms with Crippen LogP contribution in [-0.4, -0.2) is 18.9 Å². The average molecular weight is 314 g/mol. The van der Waals surface area contributed by atoms with Crippen molar-refractivity contribution in [2.24, 2.45) is 5.73 Å². The average Bonchev–Trinajstić information content (AvgIpc) is 2.17. The van der Waals surface area contributed by atoms with Crippen molar-refractivity contribution in [3.8, 4) is 11.5 Å². The second kappa shape index (κ2) is 5.26. The van der Waals surface area contributed by atoms with Crippen LogP contribution < -0.4 is 15.2 Å².